The first-order chi connectivity index (χ1) is 14.6. The van der Waals surface area contributed by atoms with Crippen molar-refractivity contribution in [2.75, 3.05) is 12.5 Å². The molecule has 4 heterocycles. The van der Waals surface area contributed by atoms with Gasteiger partial charge in [0.1, 0.15) is 30.2 Å². The van der Waals surface area contributed by atoms with E-state index in [1.807, 2.05) is 12.1 Å². The third-order valence-electron chi connectivity index (χ3n) is 4.78. The van der Waals surface area contributed by atoms with Crippen LogP contribution in [0.1, 0.15) is 27.3 Å². The smallest absolute Gasteiger partial charge is 0.270 e. The van der Waals surface area contributed by atoms with E-state index in [4.69, 9.17) is 4.52 Å². The highest BCUT2D eigenvalue weighted by molar-refractivity contribution is 5.94. The van der Waals surface area contributed by atoms with Crippen LogP contribution in [0.2, 0.25) is 0 Å². The first-order valence-electron chi connectivity index (χ1n) is 9.21. The van der Waals surface area contributed by atoms with Crippen LogP contribution in [0.15, 0.2) is 35.1 Å². The van der Waals surface area contributed by atoms with Crippen LogP contribution in [-0.4, -0.2) is 43.1 Å². The maximum absolute atomic E-state index is 12.8. The number of alkyl halides is 1. The predicted molar refractivity (Wildman–Crippen MR) is 105 cm³/mol. The molecule has 5 rings (SSSR count). The van der Waals surface area contributed by atoms with E-state index in [9.17, 15) is 9.18 Å². The van der Waals surface area contributed by atoms with Gasteiger partial charge in [0.15, 0.2) is 5.82 Å². The van der Waals surface area contributed by atoms with Crippen molar-refractivity contribution in [2.45, 2.75) is 19.8 Å². The highest BCUT2D eigenvalue weighted by Crippen LogP contribution is 2.24. The Morgan fingerprint density at radius 3 is 3.10 bits per heavy atom. The number of carbonyl (C=O) groups excluding carboxylic acids is 1. The number of halogens is 1. The fraction of sp³-hybridized carbons (Fsp3) is 0.211. The van der Waals surface area contributed by atoms with E-state index >= 15 is 0 Å². The number of nitrogens with one attached hydrogen (secondary N) is 3. The van der Waals surface area contributed by atoms with E-state index in [1.165, 1.54) is 6.33 Å². The molecule has 0 radical (unpaired) electrons. The summed E-state index contributed by atoms with van der Waals surface area (Å²) in [4.78, 5) is 28.4. The van der Waals surface area contributed by atoms with Crippen molar-refractivity contribution in [3.63, 3.8) is 0 Å². The third-order valence-corrected chi connectivity index (χ3v) is 4.78. The Labute approximate surface area is 169 Å². The lowest BCUT2D eigenvalue weighted by molar-refractivity contribution is 0.0943. The van der Waals surface area contributed by atoms with Gasteiger partial charge in [-0.25, -0.2) is 24.4 Å². The minimum atomic E-state index is -0.543. The van der Waals surface area contributed by atoms with Crippen LogP contribution >= 0.6 is 0 Å². The third kappa shape index (κ3) is 3.24. The average molecular weight is 408 g/mol. The number of hydrazine groups is 1. The van der Waals surface area contributed by atoms with E-state index in [1.54, 1.807) is 24.3 Å². The zero-order chi connectivity index (χ0) is 20.7. The van der Waals surface area contributed by atoms with Gasteiger partial charge in [-0.05, 0) is 17.7 Å². The molecule has 152 valence electrons. The minimum Gasteiger partial charge on any atom is -0.353 e. The Kier molecular flexibility index (Phi) is 4.36. The largest absolute Gasteiger partial charge is 0.353 e. The summed E-state index contributed by atoms with van der Waals surface area (Å²) in [5, 5.41) is 8.60. The summed E-state index contributed by atoms with van der Waals surface area (Å²) in [6.07, 6.45) is 1.35. The summed E-state index contributed by atoms with van der Waals surface area (Å²) in [7, 11) is 1.86. The molecular weight excluding hydrogens is 391 g/mol. The number of anilines is 1. The lowest BCUT2D eigenvalue weighted by atomic mass is 10.2. The Bertz CT molecular complexity index is 1250. The van der Waals surface area contributed by atoms with Crippen LogP contribution < -0.4 is 10.7 Å². The first-order valence-corrected chi connectivity index (χ1v) is 9.21. The lowest BCUT2D eigenvalue weighted by Gasteiger charge is -2.05. The van der Waals surface area contributed by atoms with Gasteiger partial charge in [-0.2, -0.15) is 0 Å². The number of amides is 1. The molecule has 3 aromatic heterocycles. The summed E-state index contributed by atoms with van der Waals surface area (Å²) >= 11 is 0. The van der Waals surface area contributed by atoms with Gasteiger partial charge in [0.05, 0.1) is 17.6 Å². The van der Waals surface area contributed by atoms with E-state index in [2.05, 4.69) is 35.8 Å². The quantitative estimate of drug-likeness (QED) is 0.459. The molecule has 1 aromatic carbocycles. The fourth-order valence-corrected chi connectivity index (χ4v) is 3.33. The Hall–Kier alpha value is -3.86. The van der Waals surface area contributed by atoms with E-state index < -0.39 is 6.67 Å². The summed E-state index contributed by atoms with van der Waals surface area (Å²) < 4.78 is 18.2. The summed E-state index contributed by atoms with van der Waals surface area (Å²) in [5.74, 6) is 1.21. The fourth-order valence-electron chi connectivity index (χ4n) is 3.33. The second-order valence-electron chi connectivity index (χ2n) is 6.95. The average Bonchev–Trinajstić information content (AvgIpc) is 3.47. The topological polar surface area (TPSA) is 125 Å². The zero-order valence-electron chi connectivity index (χ0n) is 15.9. The molecule has 3 N–H and O–H groups in total. The highest BCUT2D eigenvalue weighted by atomic mass is 19.1. The second-order valence-corrected chi connectivity index (χ2v) is 6.95. The molecule has 0 aliphatic carbocycles. The maximum atomic E-state index is 12.8. The van der Waals surface area contributed by atoms with E-state index in [0.717, 1.165) is 5.56 Å². The number of hydrogen-bond acceptors (Lipinski definition) is 8. The van der Waals surface area contributed by atoms with Crippen molar-refractivity contribution in [1.82, 2.24) is 35.4 Å². The number of imidazole rings is 1. The zero-order valence-corrected chi connectivity index (χ0v) is 15.9. The number of fused-ring (bicyclic) bond motifs is 2. The number of nitrogens with zero attached hydrogens (tertiary/aromatic N) is 5. The molecule has 30 heavy (non-hydrogen) atoms. The van der Waals surface area contributed by atoms with Crippen molar-refractivity contribution in [2.24, 2.45) is 0 Å². The monoisotopic (exact) mass is 408 g/mol. The standard InChI is InChI=1S/C19H17FN8O2/c1-28-8-12-16(22-9-23-17(12)26-28)19(29)21-7-11-5-15(30-27-11)18-24-13-3-2-10(6-20)4-14(13)25-18/h2-5,9H,6-8H2,1H3,(H,21,29)(H,24,25)(H,22,23,26). The molecular formula is C19H17FN8O2. The molecule has 1 aliphatic rings. The van der Waals surface area contributed by atoms with Crippen LogP contribution in [0, 0.1) is 0 Å². The van der Waals surface area contributed by atoms with Crippen molar-refractivity contribution in [1.29, 1.82) is 0 Å². The number of H-pyrrole nitrogens is 1. The van der Waals surface area contributed by atoms with E-state index in [0.29, 0.717) is 51.9 Å². The molecule has 1 amide bonds. The van der Waals surface area contributed by atoms with E-state index in [-0.39, 0.29) is 12.5 Å². The molecule has 4 aromatic rings. The normalized spacial score (nSPS) is 13.4. The molecule has 0 fully saturated rings. The SMILES string of the molecule is CN1Cc2c(ncnc2C(=O)NCc2cc(-c3nc4ccc(CF)cc4[nH]3)on2)N1. The molecule has 0 saturated heterocycles. The number of hydrogen-bond donors (Lipinski definition) is 3. The number of rotatable bonds is 5. The summed E-state index contributed by atoms with van der Waals surface area (Å²) in [5.41, 5.74) is 6.62. The number of carbonyl (C=O) groups is 1. The molecule has 0 spiro atoms. The Morgan fingerprint density at radius 1 is 1.33 bits per heavy atom. The summed E-state index contributed by atoms with van der Waals surface area (Å²) in [6, 6.07) is 6.82. The van der Waals surface area contributed by atoms with Crippen molar-refractivity contribution in [3.05, 3.63) is 53.1 Å². The molecule has 0 saturated carbocycles. The number of aromatic nitrogens is 5. The van der Waals surface area contributed by atoms with Crippen LogP contribution in [-0.2, 0) is 19.8 Å². The van der Waals surface area contributed by atoms with Gasteiger partial charge in [0.25, 0.3) is 5.91 Å². The van der Waals surface area contributed by atoms with Crippen LogP contribution in [0.4, 0.5) is 10.2 Å². The van der Waals surface area contributed by atoms with Gasteiger partial charge in [-0.3, -0.25) is 4.79 Å². The first kappa shape index (κ1) is 18.2. The molecule has 10 nitrogen and oxygen atoms in total. The summed E-state index contributed by atoms with van der Waals surface area (Å²) in [6.45, 7) is 0.151. The van der Waals surface area contributed by atoms with Crippen LogP contribution in [0.25, 0.3) is 22.6 Å². The van der Waals surface area contributed by atoms with Gasteiger partial charge in [-0.1, -0.05) is 11.2 Å². The molecule has 1 aliphatic heterocycles. The number of aromatic amines is 1. The lowest BCUT2D eigenvalue weighted by Crippen LogP contribution is -2.25. The van der Waals surface area contributed by atoms with Crippen molar-refractivity contribution in [3.8, 4) is 11.6 Å². The maximum Gasteiger partial charge on any atom is 0.270 e. The molecule has 11 heteroatoms. The highest BCUT2D eigenvalue weighted by Gasteiger charge is 2.24. The second kappa shape index (κ2) is 7.19. The van der Waals surface area contributed by atoms with Gasteiger partial charge in [0, 0.05) is 25.2 Å². The van der Waals surface area contributed by atoms with Crippen LogP contribution in [0.5, 0.6) is 0 Å². The number of benzene rings is 1. The van der Waals surface area contributed by atoms with Crippen LogP contribution in [0.3, 0.4) is 0 Å². The molecule has 0 atom stereocenters. The van der Waals surface area contributed by atoms with Gasteiger partial charge >= 0.3 is 0 Å². The minimum absolute atomic E-state index is 0.163. The molecule has 0 unspecified atom stereocenters. The Balaban J connectivity index is 1.30. The van der Waals surface area contributed by atoms with Gasteiger partial charge < -0.3 is 20.2 Å². The molecule has 0 bridgehead atoms. The van der Waals surface area contributed by atoms with Gasteiger partial charge in [-0.15, -0.1) is 0 Å². The van der Waals surface area contributed by atoms with Gasteiger partial charge in [0.2, 0.25) is 5.76 Å². The Morgan fingerprint density at radius 2 is 2.23 bits per heavy atom. The van der Waals surface area contributed by atoms with Crippen molar-refractivity contribution >= 4 is 22.8 Å². The van der Waals surface area contributed by atoms with Crippen molar-refractivity contribution < 1.29 is 13.7 Å². The predicted octanol–water partition coefficient (Wildman–Crippen LogP) is 2.18.